The Labute approximate surface area is 79.7 Å². The van der Waals surface area contributed by atoms with Crippen LogP contribution in [0.15, 0.2) is 0 Å². The standard InChI is InChI=1S/C11H18O2/c12-11(4-3-9-1-2-9)10-5-7-13-8-6-10/h9-10H,1-8H2. The number of carbonyl (C=O) groups is 1. The second-order valence-electron chi connectivity index (χ2n) is 4.34. The lowest BCUT2D eigenvalue weighted by Gasteiger charge is -2.20. The minimum Gasteiger partial charge on any atom is -0.381 e. The van der Waals surface area contributed by atoms with Crippen LogP contribution in [0, 0.1) is 11.8 Å². The van der Waals surface area contributed by atoms with Gasteiger partial charge >= 0.3 is 0 Å². The summed E-state index contributed by atoms with van der Waals surface area (Å²) < 4.78 is 5.24. The summed E-state index contributed by atoms with van der Waals surface area (Å²) in [6, 6.07) is 0. The maximum absolute atomic E-state index is 11.7. The molecule has 74 valence electrons. The lowest BCUT2D eigenvalue weighted by Crippen LogP contribution is -2.23. The third-order valence-corrected chi connectivity index (χ3v) is 3.17. The average Bonchev–Trinajstić information content (AvgIpc) is 2.99. The zero-order chi connectivity index (χ0) is 9.10. The maximum atomic E-state index is 11.7. The molecule has 1 saturated carbocycles. The van der Waals surface area contributed by atoms with E-state index >= 15 is 0 Å². The molecule has 1 heterocycles. The first-order valence-corrected chi connectivity index (χ1v) is 5.46. The first-order chi connectivity index (χ1) is 6.36. The number of hydrogen-bond acceptors (Lipinski definition) is 2. The van der Waals surface area contributed by atoms with Crippen LogP contribution in [0.3, 0.4) is 0 Å². The molecule has 13 heavy (non-hydrogen) atoms. The van der Waals surface area contributed by atoms with Crippen LogP contribution in [0.4, 0.5) is 0 Å². The fourth-order valence-corrected chi connectivity index (χ4v) is 1.98. The zero-order valence-corrected chi connectivity index (χ0v) is 8.13. The van der Waals surface area contributed by atoms with Crippen molar-refractivity contribution >= 4 is 5.78 Å². The number of ketones is 1. The average molecular weight is 182 g/mol. The highest BCUT2D eigenvalue weighted by atomic mass is 16.5. The summed E-state index contributed by atoms with van der Waals surface area (Å²) in [5, 5.41) is 0. The SMILES string of the molecule is O=C(CCC1CC1)C1CCOCC1. The van der Waals surface area contributed by atoms with Crippen LogP contribution in [0.25, 0.3) is 0 Å². The molecule has 0 amide bonds. The highest BCUT2D eigenvalue weighted by Crippen LogP contribution is 2.34. The van der Waals surface area contributed by atoms with Crippen molar-refractivity contribution in [3.63, 3.8) is 0 Å². The molecule has 2 fully saturated rings. The van der Waals surface area contributed by atoms with Crippen LogP contribution in [0.2, 0.25) is 0 Å². The van der Waals surface area contributed by atoms with Gasteiger partial charge in [-0.15, -0.1) is 0 Å². The van der Waals surface area contributed by atoms with Crippen LogP contribution in [-0.2, 0) is 9.53 Å². The molecule has 1 aliphatic heterocycles. The van der Waals surface area contributed by atoms with Crippen molar-refractivity contribution in [3.05, 3.63) is 0 Å². The smallest absolute Gasteiger partial charge is 0.136 e. The Morgan fingerprint density at radius 3 is 2.46 bits per heavy atom. The summed E-state index contributed by atoms with van der Waals surface area (Å²) in [4.78, 5) is 11.7. The Morgan fingerprint density at radius 2 is 1.85 bits per heavy atom. The predicted octanol–water partition coefficient (Wildman–Crippen LogP) is 2.17. The van der Waals surface area contributed by atoms with Crippen molar-refractivity contribution in [2.75, 3.05) is 13.2 Å². The second kappa shape index (κ2) is 4.23. The quantitative estimate of drug-likeness (QED) is 0.666. The van der Waals surface area contributed by atoms with Gasteiger partial charge in [0, 0.05) is 25.6 Å². The van der Waals surface area contributed by atoms with Crippen molar-refractivity contribution in [2.24, 2.45) is 11.8 Å². The van der Waals surface area contributed by atoms with Gasteiger partial charge in [-0.1, -0.05) is 12.8 Å². The molecular weight excluding hydrogens is 164 g/mol. The lowest BCUT2D eigenvalue weighted by molar-refractivity contribution is -0.125. The summed E-state index contributed by atoms with van der Waals surface area (Å²) >= 11 is 0. The minimum absolute atomic E-state index is 0.326. The van der Waals surface area contributed by atoms with Crippen molar-refractivity contribution in [3.8, 4) is 0 Å². The molecular formula is C11H18O2. The summed E-state index contributed by atoms with van der Waals surface area (Å²) in [6.45, 7) is 1.58. The molecule has 0 radical (unpaired) electrons. The Morgan fingerprint density at radius 1 is 1.15 bits per heavy atom. The third-order valence-electron chi connectivity index (χ3n) is 3.17. The first-order valence-electron chi connectivity index (χ1n) is 5.46. The monoisotopic (exact) mass is 182 g/mol. The van der Waals surface area contributed by atoms with Crippen molar-refractivity contribution in [1.82, 2.24) is 0 Å². The Balaban J connectivity index is 1.67. The molecule has 0 aromatic heterocycles. The Kier molecular flexibility index (Phi) is 2.99. The molecule has 0 atom stereocenters. The van der Waals surface area contributed by atoms with E-state index in [4.69, 9.17) is 4.74 Å². The molecule has 0 aromatic rings. The number of carbonyl (C=O) groups excluding carboxylic acids is 1. The summed E-state index contributed by atoms with van der Waals surface area (Å²) in [5.74, 6) is 1.71. The van der Waals surface area contributed by atoms with Crippen LogP contribution in [0.1, 0.15) is 38.5 Å². The molecule has 1 aliphatic carbocycles. The first kappa shape index (κ1) is 9.20. The molecule has 2 rings (SSSR count). The molecule has 0 bridgehead atoms. The molecule has 2 heteroatoms. The van der Waals surface area contributed by atoms with E-state index < -0.39 is 0 Å². The molecule has 2 nitrogen and oxygen atoms in total. The fraction of sp³-hybridized carbons (Fsp3) is 0.909. The van der Waals surface area contributed by atoms with E-state index in [-0.39, 0.29) is 0 Å². The molecule has 0 N–H and O–H groups in total. The van der Waals surface area contributed by atoms with Gasteiger partial charge in [0.05, 0.1) is 0 Å². The molecule has 0 spiro atoms. The summed E-state index contributed by atoms with van der Waals surface area (Å²) in [7, 11) is 0. The van der Waals surface area contributed by atoms with Gasteiger partial charge in [-0.2, -0.15) is 0 Å². The summed E-state index contributed by atoms with van der Waals surface area (Å²) in [6.07, 6.45) is 6.63. The van der Waals surface area contributed by atoms with Gasteiger partial charge in [0.2, 0.25) is 0 Å². The number of hydrogen-bond donors (Lipinski definition) is 0. The predicted molar refractivity (Wildman–Crippen MR) is 50.5 cm³/mol. The van der Waals surface area contributed by atoms with Crippen molar-refractivity contribution < 1.29 is 9.53 Å². The van der Waals surface area contributed by atoms with Gasteiger partial charge in [0.15, 0.2) is 0 Å². The van der Waals surface area contributed by atoms with Crippen LogP contribution >= 0.6 is 0 Å². The van der Waals surface area contributed by atoms with E-state index in [1.165, 1.54) is 12.8 Å². The number of Topliss-reactive ketones (excluding diaryl/α,β-unsaturated/α-hetero) is 1. The van der Waals surface area contributed by atoms with Crippen molar-refractivity contribution in [2.45, 2.75) is 38.5 Å². The maximum Gasteiger partial charge on any atom is 0.136 e. The van der Waals surface area contributed by atoms with Crippen molar-refractivity contribution in [1.29, 1.82) is 0 Å². The zero-order valence-electron chi connectivity index (χ0n) is 8.13. The molecule has 1 saturated heterocycles. The third kappa shape index (κ3) is 2.80. The van der Waals surface area contributed by atoms with Gasteiger partial charge in [0.1, 0.15) is 5.78 Å². The van der Waals surface area contributed by atoms with E-state index in [1.54, 1.807) is 0 Å². The fourth-order valence-electron chi connectivity index (χ4n) is 1.98. The van der Waals surface area contributed by atoms with E-state index in [9.17, 15) is 4.79 Å². The van der Waals surface area contributed by atoms with E-state index in [1.807, 2.05) is 0 Å². The second-order valence-corrected chi connectivity index (χ2v) is 4.34. The number of rotatable bonds is 4. The van der Waals surface area contributed by atoms with Gasteiger partial charge in [-0.25, -0.2) is 0 Å². The van der Waals surface area contributed by atoms with Gasteiger partial charge in [-0.3, -0.25) is 4.79 Å². The highest BCUT2D eigenvalue weighted by Gasteiger charge is 2.25. The summed E-state index contributed by atoms with van der Waals surface area (Å²) in [5.41, 5.74) is 0. The topological polar surface area (TPSA) is 26.3 Å². The van der Waals surface area contributed by atoms with Crippen LogP contribution in [0.5, 0.6) is 0 Å². The van der Waals surface area contributed by atoms with E-state index in [2.05, 4.69) is 0 Å². The molecule has 0 aromatic carbocycles. The van der Waals surface area contributed by atoms with Gasteiger partial charge in [0.25, 0.3) is 0 Å². The molecule has 0 unspecified atom stereocenters. The highest BCUT2D eigenvalue weighted by molar-refractivity contribution is 5.81. The number of ether oxygens (including phenoxy) is 1. The van der Waals surface area contributed by atoms with Crippen LogP contribution < -0.4 is 0 Å². The van der Waals surface area contributed by atoms with Crippen LogP contribution in [-0.4, -0.2) is 19.0 Å². The molecule has 2 aliphatic rings. The Hall–Kier alpha value is -0.370. The van der Waals surface area contributed by atoms with Gasteiger partial charge in [-0.05, 0) is 25.2 Å². The normalized spacial score (nSPS) is 24.6. The van der Waals surface area contributed by atoms with E-state index in [0.717, 1.165) is 44.8 Å². The van der Waals surface area contributed by atoms with E-state index in [0.29, 0.717) is 11.7 Å². The lowest BCUT2D eigenvalue weighted by atomic mass is 9.92. The largest absolute Gasteiger partial charge is 0.381 e. The minimum atomic E-state index is 0.326. The van der Waals surface area contributed by atoms with Gasteiger partial charge < -0.3 is 4.74 Å². The Bertz CT molecular complexity index is 179.